The molecule has 0 aliphatic rings. The number of aryl methyl sites for hydroxylation is 1. The zero-order valence-electron chi connectivity index (χ0n) is 11.8. The maximum absolute atomic E-state index is 11.8. The van der Waals surface area contributed by atoms with Gasteiger partial charge in [0.1, 0.15) is 5.75 Å². The number of nitrogens with one attached hydrogen (secondary N) is 1. The lowest BCUT2D eigenvalue weighted by Crippen LogP contribution is -2.08. The fourth-order valence-corrected chi connectivity index (χ4v) is 2.39. The number of ether oxygens (including phenoxy) is 1. The molecule has 0 unspecified atom stereocenters. The first-order valence-corrected chi connectivity index (χ1v) is 7.21. The van der Waals surface area contributed by atoms with E-state index in [1.54, 1.807) is 18.2 Å². The molecular formula is C16H16BrNO3. The van der Waals surface area contributed by atoms with Gasteiger partial charge in [0.2, 0.25) is 0 Å². The van der Waals surface area contributed by atoms with Crippen LogP contribution >= 0.6 is 15.9 Å². The van der Waals surface area contributed by atoms with Crippen LogP contribution in [0.3, 0.4) is 0 Å². The van der Waals surface area contributed by atoms with Crippen LogP contribution < -0.4 is 5.32 Å². The number of carbonyl (C=O) groups is 1. The normalized spacial score (nSPS) is 10.2. The summed E-state index contributed by atoms with van der Waals surface area (Å²) in [5.41, 5.74) is 2.87. The molecule has 21 heavy (non-hydrogen) atoms. The first-order chi connectivity index (χ1) is 10.0. The van der Waals surface area contributed by atoms with E-state index in [2.05, 4.69) is 21.2 Å². The molecule has 0 aliphatic heterocycles. The third-order valence-corrected chi connectivity index (χ3v) is 3.58. The lowest BCUT2D eigenvalue weighted by molar-refractivity contribution is 0.0601. The number of aromatic hydroxyl groups is 1. The van der Waals surface area contributed by atoms with Crippen LogP contribution in [0.25, 0.3) is 0 Å². The number of rotatable bonds is 4. The Labute approximate surface area is 131 Å². The van der Waals surface area contributed by atoms with E-state index in [1.807, 2.05) is 25.1 Å². The van der Waals surface area contributed by atoms with E-state index in [0.29, 0.717) is 17.8 Å². The van der Waals surface area contributed by atoms with E-state index >= 15 is 0 Å². The largest absolute Gasteiger partial charge is 0.508 e. The molecule has 0 saturated carbocycles. The summed E-state index contributed by atoms with van der Waals surface area (Å²) >= 11 is 3.37. The van der Waals surface area contributed by atoms with Crippen molar-refractivity contribution in [2.75, 3.05) is 12.4 Å². The van der Waals surface area contributed by atoms with Gasteiger partial charge in [0.15, 0.2) is 0 Å². The summed E-state index contributed by atoms with van der Waals surface area (Å²) in [5, 5.41) is 13.0. The van der Waals surface area contributed by atoms with Crippen molar-refractivity contribution in [1.82, 2.24) is 0 Å². The van der Waals surface area contributed by atoms with Crippen molar-refractivity contribution in [3.63, 3.8) is 0 Å². The van der Waals surface area contributed by atoms with Gasteiger partial charge in [-0.3, -0.25) is 0 Å². The average molecular weight is 350 g/mol. The molecule has 2 aromatic rings. The summed E-state index contributed by atoms with van der Waals surface area (Å²) in [4.78, 5) is 11.8. The van der Waals surface area contributed by atoms with Crippen molar-refractivity contribution in [1.29, 1.82) is 0 Å². The summed E-state index contributed by atoms with van der Waals surface area (Å²) in [5.74, 6) is -0.183. The van der Waals surface area contributed by atoms with Crippen LogP contribution in [-0.2, 0) is 11.3 Å². The molecule has 110 valence electrons. The number of methoxy groups -OCH3 is 1. The Hall–Kier alpha value is -2.01. The Kier molecular flexibility index (Phi) is 4.85. The van der Waals surface area contributed by atoms with Crippen LogP contribution in [0.5, 0.6) is 5.75 Å². The first kappa shape index (κ1) is 15.4. The van der Waals surface area contributed by atoms with Crippen LogP contribution in [0.4, 0.5) is 5.69 Å². The molecule has 2 rings (SSSR count). The van der Waals surface area contributed by atoms with Crippen LogP contribution in [0.2, 0.25) is 0 Å². The minimum atomic E-state index is -0.389. The molecule has 4 nitrogen and oxygen atoms in total. The molecule has 2 aromatic carbocycles. The predicted octanol–water partition coefficient (Wildman–Crippen LogP) is 3.86. The molecule has 2 N–H and O–H groups in total. The minimum Gasteiger partial charge on any atom is -0.508 e. The molecule has 0 amide bonds. The van der Waals surface area contributed by atoms with E-state index in [-0.39, 0.29) is 11.7 Å². The second-order valence-corrected chi connectivity index (χ2v) is 5.58. The molecule has 0 saturated heterocycles. The van der Waals surface area contributed by atoms with Gasteiger partial charge in [0, 0.05) is 22.3 Å². The van der Waals surface area contributed by atoms with Gasteiger partial charge in [-0.05, 0) is 37.3 Å². The van der Waals surface area contributed by atoms with Gasteiger partial charge in [-0.1, -0.05) is 27.6 Å². The van der Waals surface area contributed by atoms with Crippen molar-refractivity contribution in [2.24, 2.45) is 0 Å². The van der Waals surface area contributed by atoms with Gasteiger partial charge in [0.25, 0.3) is 0 Å². The molecular weight excluding hydrogens is 334 g/mol. The summed E-state index contributed by atoms with van der Waals surface area (Å²) < 4.78 is 5.67. The molecule has 0 aromatic heterocycles. The summed E-state index contributed by atoms with van der Waals surface area (Å²) in [7, 11) is 1.36. The number of anilines is 1. The third-order valence-electron chi connectivity index (χ3n) is 3.09. The number of benzene rings is 2. The van der Waals surface area contributed by atoms with E-state index in [9.17, 15) is 9.90 Å². The molecule has 5 heteroatoms. The quantitative estimate of drug-likeness (QED) is 0.822. The highest BCUT2D eigenvalue weighted by molar-refractivity contribution is 9.10. The lowest BCUT2D eigenvalue weighted by Gasteiger charge is -2.12. The van der Waals surface area contributed by atoms with E-state index < -0.39 is 0 Å². The monoisotopic (exact) mass is 349 g/mol. The van der Waals surface area contributed by atoms with Crippen molar-refractivity contribution in [2.45, 2.75) is 13.5 Å². The number of phenolic OH excluding ortho intramolecular Hbond substituents is 1. The number of phenols is 1. The standard InChI is InChI=1S/C16H16BrNO3/c1-10-3-5-14(13(7-10)16(20)21-2)18-9-11-8-12(17)4-6-15(11)19/h3-8,18-19H,9H2,1-2H3. The summed E-state index contributed by atoms with van der Waals surface area (Å²) in [6.07, 6.45) is 0. The van der Waals surface area contributed by atoms with Crippen molar-refractivity contribution in [3.05, 3.63) is 57.6 Å². The fourth-order valence-electron chi connectivity index (χ4n) is 1.98. The maximum atomic E-state index is 11.8. The first-order valence-electron chi connectivity index (χ1n) is 6.41. The summed E-state index contributed by atoms with van der Waals surface area (Å²) in [6.45, 7) is 2.31. The molecule has 0 heterocycles. The Morgan fingerprint density at radius 1 is 1.29 bits per heavy atom. The highest BCUT2D eigenvalue weighted by Crippen LogP contribution is 2.24. The molecule has 0 aliphatic carbocycles. The molecule has 0 fully saturated rings. The molecule has 0 bridgehead atoms. The number of halogens is 1. The van der Waals surface area contributed by atoms with Crippen molar-refractivity contribution < 1.29 is 14.6 Å². The second kappa shape index (κ2) is 6.63. The van der Waals surface area contributed by atoms with Crippen LogP contribution in [-0.4, -0.2) is 18.2 Å². The lowest BCUT2D eigenvalue weighted by atomic mass is 10.1. The highest BCUT2D eigenvalue weighted by atomic mass is 79.9. The van der Waals surface area contributed by atoms with E-state index in [1.165, 1.54) is 7.11 Å². The Balaban J connectivity index is 2.24. The Bertz CT molecular complexity index is 671. The zero-order chi connectivity index (χ0) is 15.4. The average Bonchev–Trinajstić information content (AvgIpc) is 2.48. The number of hydrogen-bond acceptors (Lipinski definition) is 4. The number of esters is 1. The van der Waals surface area contributed by atoms with E-state index in [4.69, 9.17) is 4.74 Å². The van der Waals surface area contributed by atoms with Gasteiger partial charge < -0.3 is 15.2 Å². The maximum Gasteiger partial charge on any atom is 0.339 e. The third kappa shape index (κ3) is 3.76. The van der Waals surface area contributed by atoms with Crippen molar-refractivity contribution in [3.8, 4) is 5.75 Å². The van der Waals surface area contributed by atoms with Crippen molar-refractivity contribution >= 4 is 27.6 Å². The molecule has 0 atom stereocenters. The summed E-state index contributed by atoms with van der Waals surface area (Å²) in [6, 6.07) is 10.7. The van der Waals surface area contributed by atoms with Gasteiger partial charge in [-0.25, -0.2) is 4.79 Å². The second-order valence-electron chi connectivity index (χ2n) is 4.67. The Morgan fingerprint density at radius 2 is 2.05 bits per heavy atom. The predicted molar refractivity (Wildman–Crippen MR) is 85.7 cm³/mol. The zero-order valence-corrected chi connectivity index (χ0v) is 13.4. The van der Waals surface area contributed by atoms with E-state index in [0.717, 1.165) is 15.6 Å². The van der Waals surface area contributed by atoms with Gasteiger partial charge >= 0.3 is 5.97 Å². The highest BCUT2D eigenvalue weighted by Gasteiger charge is 2.12. The Morgan fingerprint density at radius 3 is 2.76 bits per heavy atom. The minimum absolute atomic E-state index is 0.206. The van der Waals surface area contributed by atoms with Gasteiger partial charge in [0.05, 0.1) is 12.7 Å². The van der Waals surface area contributed by atoms with Crippen LogP contribution in [0.15, 0.2) is 40.9 Å². The smallest absolute Gasteiger partial charge is 0.339 e. The number of carbonyl (C=O) groups excluding carboxylic acids is 1. The van der Waals surface area contributed by atoms with Crippen LogP contribution in [0, 0.1) is 6.92 Å². The number of hydrogen-bond donors (Lipinski definition) is 2. The molecule has 0 radical (unpaired) electrons. The molecule has 0 spiro atoms. The fraction of sp³-hybridized carbons (Fsp3) is 0.188. The van der Waals surface area contributed by atoms with Gasteiger partial charge in [-0.2, -0.15) is 0 Å². The topological polar surface area (TPSA) is 58.6 Å². The van der Waals surface area contributed by atoms with Gasteiger partial charge in [-0.15, -0.1) is 0 Å². The van der Waals surface area contributed by atoms with Crippen LogP contribution in [0.1, 0.15) is 21.5 Å². The SMILES string of the molecule is COC(=O)c1cc(C)ccc1NCc1cc(Br)ccc1O.